The van der Waals surface area contributed by atoms with Crippen LogP contribution in [0.25, 0.3) is 10.9 Å². The molecule has 3 aromatic rings. The highest BCUT2D eigenvalue weighted by Crippen LogP contribution is 2.40. The predicted octanol–water partition coefficient (Wildman–Crippen LogP) is 5.28. The molecule has 0 bridgehead atoms. The number of rotatable bonds is 3. The number of hydrogen-bond acceptors (Lipinski definition) is 2. The maximum atomic E-state index is 6.24. The van der Waals surface area contributed by atoms with Crippen molar-refractivity contribution in [3.05, 3.63) is 65.3 Å². The van der Waals surface area contributed by atoms with Crippen molar-refractivity contribution in [3.8, 4) is 0 Å². The molecule has 0 radical (unpaired) electrons. The average Bonchev–Trinajstić information content (AvgIpc) is 3.35. The number of anilines is 1. The van der Waals surface area contributed by atoms with E-state index >= 15 is 0 Å². The SMILES string of the molecule is Clc1ccc2[nH]cc(C3CCC(N4CCN(c5ccccc5)CC4)C3)c2c1. The number of fused-ring (bicyclic) bond motifs is 1. The lowest BCUT2D eigenvalue weighted by Gasteiger charge is -2.39. The summed E-state index contributed by atoms with van der Waals surface area (Å²) in [6.45, 7) is 4.61. The first-order valence-electron chi connectivity index (χ1n) is 10.1. The van der Waals surface area contributed by atoms with Gasteiger partial charge in [-0.05, 0) is 61.1 Å². The van der Waals surface area contributed by atoms with Gasteiger partial charge in [-0.1, -0.05) is 29.8 Å². The van der Waals surface area contributed by atoms with Crippen LogP contribution in [0.5, 0.6) is 0 Å². The number of nitrogens with one attached hydrogen (secondary N) is 1. The van der Waals surface area contributed by atoms with Gasteiger partial charge in [0.05, 0.1) is 0 Å². The number of benzene rings is 2. The van der Waals surface area contributed by atoms with E-state index in [0.717, 1.165) is 24.2 Å². The van der Waals surface area contributed by atoms with Crippen molar-refractivity contribution in [2.45, 2.75) is 31.2 Å². The van der Waals surface area contributed by atoms with Gasteiger partial charge in [-0.25, -0.2) is 0 Å². The van der Waals surface area contributed by atoms with Crippen LogP contribution in [0, 0.1) is 0 Å². The number of halogens is 1. The highest BCUT2D eigenvalue weighted by Gasteiger charge is 2.32. The zero-order chi connectivity index (χ0) is 18.2. The number of aromatic nitrogens is 1. The molecule has 2 fully saturated rings. The standard InChI is InChI=1S/C23H26ClN3/c24-18-7-9-23-21(15-18)22(16-25-23)17-6-8-20(14-17)27-12-10-26(11-13-27)19-4-2-1-3-5-19/h1-5,7,9,15-17,20,25H,6,8,10-14H2. The minimum Gasteiger partial charge on any atom is -0.369 e. The van der Waals surface area contributed by atoms with Crippen LogP contribution < -0.4 is 4.90 Å². The van der Waals surface area contributed by atoms with Gasteiger partial charge in [-0.15, -0.1) is 0 Å². The molecule has 1 aliphatic carbocycles. The first-order chi connectivity index (χ1) is 13.3. The maximum Gasteiger partial charge on any atom is 0.0457 e. The molecule has 3 nitrogen and oxygen atoms in total. The van der Waals surface area contributed by atoms with Crippen LogP contribution in [0.4, 0.5) is 5.69 Å². The van der Waals surface area contributed by atoms with Gasteiger partial charge in [0.15, 0.2) is 0 Å². The van der Waals surface area contributed by atoms with Crippen molar-refractivity contribution >= 4 is 28.2 Å². The Hall–Kier alpha value is -1.97. The zero-order valence-corrected chi connectivity index (χ0v) is 16.3. The first-order valence-corrected chi connectivity index (χ1v) is 10.5. The summed E-state index contributed by atoms with van der Waals surface area (Å²) >= 11 is 6.24. The largest absolute Gasteiger partial charge is 0.369 e. The average molecular weight is 380 g/mol. The van der Waals surface area contributed by atoms with Crippen molar-refractivity contribution in [1.29, 1.82) is 0 Å². The second-order valence-corrected chi connectivity index (χ2v) is 8.39. The summed E-state index contributed by atoms with van der Waals surface area (Å²) in [5.41, 5.74) is 4.02. The Morgan fingerprint density at radius 3 is 2.56 bits per heavy atom. The highest BCUT2D eigenvalue weighted by molar-refractivity contribution is 6.31. The maximum absolute atomic E-state index is 6.24. The third-order valence-electron chi connectivity index (χ3n) is 6.47. The summed E-state index contributed by atoms with van der Waals surface area (Å²) in [4.78, 5) is 8.67. The molecule has 0 amide bonds. The number of piperazine rings is 1. The van der Waals surface area contributed by atoms with Crippen molar-refractivity contribution in [1.82, 2.24) is 9.88 Å². The fourth-order valence-electron chi connectivity index (χ4n) is 5.01. The number of nitrogens with zero attached hydrogens (tertiary/aromatic N) is 2. The van der Waals surface area contributed by atoms with Crippen molar-refractivity contribution in [2.24, 2.45) is 0 Å². The van der Waals surface area contributed by atoms with Crippen LogP contribution in [-0.4, -0.2) is 42.1 Å². The molecule has 1 saturated heterocycles. The molecule has 2 unspecified atom stereocenters. The van der Waals surface area contributed by atoms with Crippen LogP contribution in [0.1, 0.15) is 30.7 Å². The summed E-state index contributed by atoms with van der Waals surface area (Å²) in [7, 11) is 0. The second-order valence-electron chi connectivity index (χ2n) is 7.96. The van der Waals surface area contributed by atoms with Gasteiger partial charge in [0.25, 0.3) is 0 Å². The van der Waals surface area contributed by atoms with Gasteiger partial charge >= 0.3 is 0 Å². The van der Waals surface area contributed by atoms with Gasteiger partial charge in [-0.2, -0.15) is 0 Å². The topological polar surface area (TPSA) is 22.3 Å². The molecular weight excluding hydrogens is 354 g/mol. The Bertz CT molecular complexity index is 912. The van der Waals surface area contributed by atoms with Crippen molar-refractivity contribution < 1.29 is 0 Å². The van der Waals surface area contributed by atoms with Crippen molar-refractivity contribution in [2.75, 3.05) is 31.1 Å². The summed E-state index contributed by atoms with van der Waals surface area (Å²) in [5, 5.41) is 2.14. The molecule has 2 aromatic carbocycles. The predicted molar refractivity (Wildman–Crippen MR) is 114 cm³/mol. The van der Waals surface area contributed by atoms with E-state index in [-0.39, 0.29) is 0 Å². The Morgan fingerprint density at radius 1 is 0.926 bits per heavy atom. The molecule has 1 N–H and O–H groups in total. The fourth-order valence-corrected chi connectivity index (χ4v) is 5.18. The van der Waals surface area contributed by atoms with Gasteiger partial charge in [0.1, 0.15) is 0 Å². The second kappa shape index (κ2) is 7.21. The molecule has 1 aromatic heterocycles. The molecule has 4 heteroatoms. The minimum absolute atomic E-state index is 0.648. The monoisotopic (exact) mass is 379 g/mol. The lowest BCUT2D eigenvalue weighted by Crippen LogP contribution is -2.49. The van der Waals surface area contributed by atoms with Crippen LogP contribution in [0.3, 0.4) is 0 Å². The van der Waals surface area contributed by atoms with Crippen LogP contribution in [-0.2, 0) is 0 Å². The quantitative estimate of drug-likeness (QED) is 0.668. The molecule has 140 valence electrons. The van der Waals surface area contributed by atoms with Crippen LogP contribution >= 0.6 is 11.6 Å². The third kappa shape index (κ3) is 3.35. The molecule has 0 spiro atoms. The summed E-state index contributed by atoms with van der Waals surface area (Å²) in [6.07, 6.45) is 6.07. The van der Waals surface area contributed by atoms with Crippen molar-refractivity contribution in [3.63, 3.8) is 0 Å². The van der Waals surface area contributed by atoms with E-state index < -0.39 is 0 Å². The number of para-hydroxylation sites is 1. The third-order valence-corrected chi connectivity index (χ3v) is 6.71. The molecule has 2 atom stereocenters. The zero-order valence-electron chi connectivity index (χ0n) is 15.6. The van der Waals surface area contributed by atoms with E-state index in [1.54, 1.807) is 0 Å². The summed E-state index contributed by atoms with van der Waals surface area (Å²) in [5.74, 6) is 0.648. The normalized spacial score (nSPS) is 24.0. The summed E-state index contributed by atoms with van der Waals surface area (Å²) < 4.78 is 0. The van der Waals surface area contributed by atoms with Gasteiger partial charge in [-0.3, -0.25) is 4.90 Å². The molecular formula is C23H26ClN3. The molecule has 27 heavy (non-hydrogen) atoms. The van der Waals surface area contributed by atoms with Crippen LogP contribution in [0.15, 0.2) is 54.7 Å². The number of H-pyrrole nitrogens is 1. The lowest BCUT2D eigenvalue weighted by atomic mass is 9.96. The van der Waals surface area contributed by atoms with Gasteiger partial charge in [0.2, 0.25) is 0 Å². The van der Waals surface area contributed by atoms with Gasteiger partial charge < -0.3 is 9.88 Å². The summed E-state index contributed by atoms with van der Waals surface area (Å²) in [6, 6.07) is 17.7. The molecule has 2 heterocycles. The number of hydrogen-bond donors (Lipinski definition) is 1. The number of aromatic amines is 1. The minimum atomic E-state index is 0.648. The lowest BCUT2D eigenvalue weighted by molar-refractivity contribution is 0.186. The molecule has 2 aliphatic rings. The van der Waals surface area contributed by atoms with E-state index in [1.165, 1.54) is 54.5 Å². The van der Waals surface area contributed by atoms with Gasteiger partial charge in [0, 0.05) is 60.0 Å². The van der Waals surface area contributed by atoms with E-state index in [9.17, 15) is 0 Å². The molecule has 5 rings (SSSR count). The Balaban J connectivity index is 1.24. The molecule has 1 saturated carbocycles. The Morgan fingerprint density at radius 2 is 1.74 bits per heavy atom. The first kappa shape index (κ1) is 17.2. The van der Waals surface area contributed by atoms with E-state index in [4.69, 9.17) is 11.6 Å². The fraction of sp³-hybridized carbons (Fsp3) is 0.391. The van der Waals surface area contributed by atoms with E-state index in [1.807, 2.05) is 6.07 Å². The Kier molecular flexibility index (Phi) is 4.58. The van der Waals surface area contributed by atoms with E-state index in [0.29, 0.717) is 5.92 Å². The van der Waals surface area contributed by atoms with Crippen LogP contribution in [0.2, 0.25) is 5.02 Å². The Labute approximate surface area is 165 Å². The highest BCUT2D eigenvalue weighted by atomic mass is 35.5. The molecule has 1 aliphatic heterocycles. The van der Waals surface area contributed by atoms with E-state index in [2.05, 4.69) is 63.4 Å². The smallest absolute Gasteiger partial charge is 0.0457 e.